The molecule has 2 N–H and O–H groups in total. The van der Waals surface area contributed by atoms with E-state index in [1.54, 1.807) is 6.20 Å². The Morgan fingerprint density at radius 3 is 2.53 bits per heavy atom. The molecular weight excluding hydrogens is 426 g/mol. The van der Waals surface area contributed by atoms with Crippen molar-refractivity contribution in [2.24, 2.45) is 5.92 Å². The maximum atomic E-state index is 12.0. The number of halogens is 1. The number of carboxylic acids is 1. The highest BCUT2D eigenvalue weighted by Gasteiger charge is 2.46. The van der Waals surface area contributed by atoms with Gasteiger partial charge in [0.25, 0.3) is 0 Å². The summed E-state index contributed by atoms with van der Waals surface area (Å²) >= 11 is 6.04. The van der Waals surface area contributed by atoms with Gasteiger partial charge in [0.15, 0.2) is 5.82 Å². The second kappa shape index (κ2) is 10.5. The van der Waals surface area contributed by atoms with Crippen molar-refractivity contribution >= 4 is 34.8 Å². The zero-order valence-corrected chi connectivity index (χ0v) is 20.2. The Morgan fingerprint density at radius 1 is 1.28 bits per heavy atom. The number of ether oxygens (including phenoxy) is 1. The molecule has 0 amide bonds. The van der Waals surface area contributed by atoms with Crippen molar-refractivity contribution in [3.63, 3.8) is 0 Å². The topological polar surface area (TPSA) is 74.7 Å². The number of pyridine rings is 1. The Balaban J connectivity index is 0.00000141. The zero-order valence-electron chi connectivity index (χ0n) is 19.4. The molecule has 2 aliphatic rings. The largest absolute Gasteiger partial charge is 0.481 e. The smallest absolute Gasteiger partial charge is 0.314 e. The third kappa shape index (κ3) is 4.86. The third-order valence-electron chi connectivity index (χ3n) is 6.37. The lowest BCUT2D eigenvalue weighted by Gasteiger charge is -2.41. The van der Waals surface area contributed by atoms with Crippen molar-refractivity contribution in [3.8, 4) is 0 Å². The number of hydrogen-bond donors (Lipinski definition) is 2. The van der Waals surface area contributed by atoms with Gasteiger partial charge in [-0.25, -0.2) is 4.98 Å². The van der Waals surface area contributed by atoms with E-state index in [1.165, 1.54) is 0 Å². The number of rotatable bonds is 6. The summed E-state index contributed by atoms with van der Waals surface area (Å²) in [5.74, 6) is 0.454. The standard InChI is InChI=1S/C23H28ClN3O3.C2H6/c1-15(2)20-14-30-11-10-27(20)21-19(26-18-6-4-17(24)5-7-18)12-16(13-25-21)23(22(28)29)8-3-9-23;1-2/h4-7,12-13,15,20,26H,3,8-11,14H2,1-2H3,(H,28,29);1-2H3. The molecule has 1 unspecified atom stereocenters. The molecule has 1 saturated heterocycles. The molecule has 0 radical (unpaired) electrons. The van der Waals surface area contributed by atoms with Gasteiger partial charge in [0.05, 0.1) is 30.4 Å². The predicted octanol–water partition coefficient (Wildman–Crippen LogP) is 5.87. The molecule has 1 atom stereocenters. The summed E-state index contributed by atoms with van der Waals surface area (Å²) < 4.78 is 5.72. The van der Waals surface area contributed by atoms with Gasteiger partial charge in [-0.2, -0.15) is 0 Å². The van der Waals surface area contributed by atoms with Gasteiger partial charge in [0.1, 0.15) is 0 Å². The molecule has 2 aromatic rings. The second-order valence-electron chi connectivity index (χ2n) is 8.55. The van der Waals surface area contributed by atoms with E-state index < -0.39 is 11.4 Å². The summed E-state index contributed by atoms with van der Waals surface area (Å²) in [5.41, 5.74) is 1.63. The number of nitrogens with zero attached hydrogens (tertiary/aromatic N) is 2. The summed E-state index contributed by atoms with van der Waals surface area (Å²) in [7, 11) is 0. The number of aromatic nitrogens is 1. The highest BCUT2D eigenvalue weighted by atomic mass is 35.5. The van der Waals surface area contributed by atoms with E-state index in [-0.39, 0.29) is 6.04 Å². The Kier molecular flexibility index (Phi) is 8.01. The Morgan fingerprint density at radius 2 is 1.97 bits per heavy atom. The number of carboxylic acid groups (broad SMARTS) is 1. The molecule has 1 aromatic carbocycles. The summed E-state index contributed by atoms with van der Waals surface area (Å²) in [6.07, 6.45) is 3.97. The van der Waals surface area contributed by atoms with Crippen LogP contribution in [-0.4, -0.2) is 41.9 Å². The quantitative estimate of drug-likeness (QED) is 0.562. The Hall–Kier alpha value is -2.31. The van der Waals surface area contributed by atoms with Crippen molar-refractivity contribution in [2.75, 3.05) is 30.0 Å². The molecule has 6 nitrogen and oxygen atoms in total. The van der Waals surface area contributed by atoms with Crippen LogP contribution in [0, 0.1) is 5.92 Å². The van der Waals surface area contributed by atoms with Crippen LogP contribution in [0.5, 0.6) is 0 Å². The van der Waals surface area contributed by atoms with Crippen LogP contribution in [0.1, 0.15) is 52.5 Å². The van der Waals surface area contributed by atoms with E-state index in [1.807, 2.05) is 44.2 Å². The number of benzene rings is 1. The van der Waals surface area contributed by atoms with Crippen LogP contribution in [0.4, 0.5) is 17.2 Å². The first-order valence-corrected chi connectivity index (χ1v) is 11.9. The average Bonchev–Trinajstić information content (AvgIpc) is 2.76. The summed E-state index contributed by atoms with van der Waals surface area (Å²) in [4.78, 5) is 19.1. The molecule has 32 heavy (non-hydrogen) atoms. The Bertz CT molecular complexity index is 913. The van der Waals surface area contributed by atoms with Crippen molar-refractivity contribution in [3.05, 3.63) is 47.1 Å². The maximum Gasteiger partial charge on any atom is 0.314 e. The van der Waals surface area contributed by atoms with E-state index in [9.17, 15) is 9.90 Å². The second-order valence-corrected chi connectivity index (χ2v) is 8.98. The van der Waals surface area contributed by atoms with Crippen LogP contribution < -0.4 is 10.2 Å². The lowest BCUT2D eigenvalue weighted by Crippen LogP contribution is -2.49. The fourth-order valence-corrected chi connectivity index (χ4v) is 4.45. The molecule has 2 heterocycles. The molecule has 1 aromatic heterocycles. The number of aliphatic carboxylic acids is 1. The number of hydrogen-bond acceptors (Lipinski definition) is 5. The van der Waals surface area contributed by atoms with Crippen LogP contribution in [0.25, 0.3) is 0 Å². The van der Waals surface area contributed by atoms with Gasteiger partial charge >= 0.3 is 5.97 Å². The lowest BCUT2D eigenvalue weighted by molar-refractivity contribution is -0.147. The number of carbonyl (C=O) groups is 1. The van der Waals surface area contributed by atoms with Crippen molar-refractivity contribution < 1.29 is 14.6 Å². The first-order chi connectivity index (χ1) is 15.4. The van der Waals surface area contributed by atoms with Gasteiger partial charge in [-0.15, -0.1) is 0 Å². The molecule has 7 heteroatoms. The summed E-state index contributed by atoms with van der Waals surface area (Å²) in [6, 6.07) is 9.66. The van der Waals surface area contributed by atoms with Gasteiger partial charge in [-0.3, -0.25) is 4.79 Å². The molecule has 4 rings (SSSR count). The number of anilines is 3. The first kappa shape index (κ1) is 24.3. The molecular formula is C25H34ClN3O3. The molecule has 1 aliphatic carbocycles. The molecule has 2 fully saturated rings. The first-order valence-electron chi connectivity index (χ1n) is 11.5. The molecule has 0 bridgehead atoms. The van der Waals surface area contributed by atoms with Gasteiger partial charge in [0, 0.05) is 23.5 Å². The van der Waals surface area contributed by atoms with E-state index in [0.717, 1.165) is 35.7 Å². The van der Waals surface area contributed by atoms with Crippen molar-refractivity contribution in [1.29, 1.82) is 0 Å². The molecule has 1 aliphatic heterocycles. The van der Waals surface area contributed by atoms with E-state index in [2.05, 4.69) is 24.1 Å². The lowest BCUT2D eigenvalue weighted by atomic mass is 9.65. The van der Waals surface area contributed by atoms with E-state index in [4.69, 9.17) is 21.3 Å². The Labute approximate surface area is 195 Å². The van der Waals surface area contributed by atoms with Crippen LogP contribution in [0.2, 0.25) is 5.02 Å². The van der Waals surface area contributed by atoms with Crippen molar-refractivity contribution in [1.82, 2.24) is 4.98 Å². The average molecular weight is 460 g/mol. The maximum absolute atomic E-state index is 12.0. The van der Waals surface area contributed by atoms with Crippen LogP contribution in [-0.2, 0) is 14.9 Å². The highest BCUT2D eigenvalue weighted by Crippen LogP contribution is 2.45. The van der Waals surface area contributed by atoms with Crippen molar-refractivity contribution in [2.45, 2.75) is 58.4 Å². The number of morpholine rings is 1. The van der Waals surface area contributed by atoms with Gasteiger partial charge in [-0.05, 0) is 54.7 Å². The van der Waals surface area contributed by atoms with Crippen LogP contribution in [0.15, 0.2) is 36.5 Å². The minimum Gasteiger partial charge on any atom is -0.481 e. The highest BCUT2D eigenvalue weighted by molar-refractivity contribution is 6.30. The number of nitrogens with one attached hydrogen (secondary N) is 1. The SMILES string of the molecule is CC.CC(C)C1COCCN1c1ncc(C2(C(=O)O)CCC2)cc1Nc1ccc(Cl)cc1. The third-order valence-corrected chi connectivity index (χ3v) is 6.62. The molecule has 174 valence electrons. The summed E-state index contributed by atoms with van der Waals surface area (Å²) in [6.45, 7) is 10.4. The predicted molar refractivity (Wildman–Crippen MR) is 130 cm³/mol. The van der Waals surface area contributed by atoms with E-state index >= 15 is 0 Å². The summed E-state index contributed by atoms with van der Waals surface area (Å²) in [5, 5.41) is 14.0. The zero-order chi connectivity index (χ0) is 23.3. The molecule has 0 spiro atoms. The minimum atomic E-state index is -0.829. The monoisotopic (exact) mass is 459 g/mol. The van der Waals surface area contributed by atoms with Gasteiger partial charge in [0.2, 0.25) is 0 Å². The molecule has 1 saturated carbocycles. The minimum absolute atomic E-state index is 0.208. The fourth-order valence-electron chi connectivity index (χ4n) is 4.32. The van der Waals surface area contributed by atoms with Crippen LogP contribution >= 0.6 is 11.6 Å². The van der Waals surface area contributed by atoms with E-state index in [0.29, 0.717) is 37.0 Å². The van der Waals surface area contributed by atoms with Gasteiger partial charge in [-0.1, -0.05) is 45.7 Å². The fraction of sp³-hybridized carbons (Fsp3) is 0.520. The van der Waals surface area contributed by atoms with Gasteiger partial charge < -0.3 is 20.1 Å². The normalized spacial score (nSPS) is 19.6. The van der Waals surface area contributed by atoms with Crippen LogP contribution in [0.3, 0.4) is 0 Å².